The maximum absolute atomic E-state index is 14.5. The lowest BCUT2D eigenvalue weighted by Crippen LogP contribution is -2.66. The van der Waals surface area contributed by atoms with E-state index in [1.807, 2.05) is 0 Å². The Labute approximate surface area is 220 Å². The summed E-state index contributed by atoms with van der Waals surface area (Å²) in [5.74, 6) is -9.00. The standard InChI is InChI=1S/C26H28F3N3O7/c1-2-31-19-12-7-9-6-11-16(14(33)8-10(13-4-3-5-32-13)18(11)26(27,28)29)20(34)15(9)22(36)25(12,39)23(37)17(21(19)35)24(30)38/h8-9,12-13,19,31-34,37,39H,2-7H2,1H3,(H2,30,38)/t9-,12-,13?,19-,25-/m0/s1. The number of Topliss-reactive ketones (excluding diaryl/α,β-unsaturated/α-hetero) is 2. The molecule has 13 heteroatoms. The van der Waals surface area contributed by atoms with E-state index in [0.717, 1.165) is 6.07 Å². The molecule has 39 heavy (non-hydrogen) atoms. The van der Waals surface area contributed by atoms with E-state index in [0.29, 0.717) is 19.4 Å². The topological polar surface area (TPSA) is 182 Å². The highest BCUT2D eigenvalue weighted by Crippen LogP contribution is 2.54. The molecule has 1 aliphatic heterocycles. The fraction of sp³-hybridized carbons (Fsp3) is 0.500. The molecule has 10 nitrogen and oxygen atoms in total. The Morgan fingerprint density at radius 3 is 2.51 bits per heavy atom. The molecule has 1 aromatic carbocycles. The Kier molecular flexibility index (Phi) is 6.31. The van der Waals surface area contributed by atoms with Gasteiger partial charge in [0.1, 0.15) is 22.8 Å². The molecule has 210 valence electrons. The molecule has 2 fully saturated rings. The predicted molar refractivity (Wildman–Crippen MR) is 129 cm³/mol. The molecule has 0 radical (unpaired) electrons. The summed E-state index contributed by atoms with van der Waals surface area (Å²) < 4.78 is 43.5. The van der Waals surface area contributed by atoms with Crippen LogP contribution in [0.1, 0.15) is 54.5 Å². The number of likely N-dealkylation sites (N-methyl/N-ethyl adjacent to an activating group) is 1. The zero-order valence-electron chi connectivity index (χ0n) is 20.9. The van der Waals surface area contributed by atoms with Gasteiger partial charge in [0.15, 0.2) is 11.4 Å². The van der Waals surface area contributed by atoms with E-state index in [-0.39, 0.29) is 18.5 Å². The first kappa shape index (κ1) is 27.2. The molecule has 1 saturated heterocycles. The SMILES string of the molecule is CCN[C@@H]1C(=O)C(C(N)=O)=C(O)[C@@]2(O)C(=O)C3=C(O)c4c(O)cc(C5CCCN5)c(C(F)(F)F)c4C[C@H]3C[C@@H]12. The number of ketones is 2. The summed E-state index contributed by atoms with van der Waals surface area (Å²) >= 11 is 0. The lowest BCUT2D eigenvalue weighted by molar-refractivity contribution is -0.150. The molecule has 0 bridgehead atoms. The van der Waals surface area contributed by atoms with Crippen molar-refractivity contribution in [2.45, 2.75) is 56.5 Å². The third kappa shape index (κ3) is 3.78. The van der Waals surface area contributed by atoms with Crippen LogP contribution in [0.15, 0.2) is 23.0 Å². The Morgan fingerprint density at radius 2 is 1.95 bits per heavy atom. The van der Waals surface area contributed by atoms with Crippen molar-refractivity contribution in [3.05, 3.63) is 45.2 Å². The van der Waals surface area contributed by atoms with Crippen molar-refractivity contribution in [2.24, 2.45) is 17.6 Å². The van der Waals surface area contributed by atoms with Crippen molar-refractivity contribution >= 4 is 23.2 Å². The van der Waals surface area contributed by atoms with E-state index in [9.17, 15) is 48.0 Å². The van der Waals surface area contributed by atoms with E-state index in [1.165, 1.54) is 0 Å². The van der Waals surface area contributed by atoms with Crippen LogP contribution in [0, 0.1) is 11.8 Å². The minimum atomic E-state index is -4.86. The summed E-state index contributed by atoms with van der Waals surface area (Å²) in [6, 6.07) is -1.11. The van der Waals surface area contributed by atoms with E-state index in [2.05, 4.69) is 10.6 Å². The van der Waals surface area contributed by atoms with Crippen molar-refractivity contribution in [2.75, 3.05) is 13.1 Å². The van der Waals surface area contributed by atoms with Gasteiger partial charge in [-0.05, 0) is 61.9 Å². The van der Waals surface area contributed by atoms with Crippen LogP contribution in [-0.2, 0) is 27.0 Å². The summed E-state index contributed by atoms with van der Waals surface area (Å²) in [5.41, 5.74) is -1.24. The Bertz CT molecular complexity index is 1360. The Balaban J connectivity index is 1.75. The molecule has 5 rings (SSSR count). The van der Waals surface area contributed by atoms with Crippen LogP contribution in [0.25, 0.3) is 5.76 Å². The summed E-state index contributed by atoms with van der Waals surface area (Å²) in [4.78, 5) is 38.8. The third-order valence-electron chi connectivity index (χ3n) is 8.38. The number of halogens is 3. The normalized spacial score (nSPS) is 30.8. The molecule has 3 aliphatic carbocycles. The predicted octanol–water partition coefficient (Wildman–Crippen LogP) is 1.46. The smallest absolute Gasteiger partial charge is 0.417 e. The van der Waals surface area contributed by atoms with Crippen molar-refractivity contribution in [1.82, 2.24) is 10.6 Å². The first-order valence-electron chi connectivity index (χ1n) is 12.7. The number of hydrogen-bond acceptors (Lipinski definition) is 9. The van der Waals surface area contributed by atoms with Crippen LogP contribution < -0.4 is 16.4 Å². The molecule has 1 heterocycles. The molecule has 1 saturated carbocycles. The number of benzene rings is 1. The van der Waals surface area contributed by atoms with Crippen molar-refractivity contribution in [3.8, 4) is 5.75 Å². The monoisotopic (exact) mass is 551 g/mol. The largest absolute Gasteiger partial charge is 0.508 e. The van der Waals surface area contributed by atoms with E-state index >= 15 is 0 Å². The summed E-state index contributed by atoms with van der Waals surface area (Å²) in [6.07, 6.45) is -4.55. The number of carbonyl (C=O) groups excluding carboxylic acids is 3. The van der Waals surface area contributed by atoms with Gasteiger partial charge in [-0.1, -0.05) is 6.92 Å². The molecule has 1 amide bonds. The molecule has 0 aromatic heterocycles. The van der Waals surface area contributed by atoms with Gasteiger partial charge >= 0.3 is 6.18 Å². The molecular formula is C26H28F3N3O7. The number of rotatable bonds is 4. The fourth-order valence-electron chi connectivity index (χ4n) is 6.79. The molecule has 4 aliphatic rings. The van der Waals surface area contributed by atoms with E-state index in [4.69, 9.17) is 5.73 Å². The number of aliphatic hydroxyl groups is 3. The van der Waals surface area contributed by atoms with Gasteiger partial charge in [0.05, 0.1) is 17.2 Å². The summed E-state index contributed by atoms with van der Waals surface area (Å²) in [7, 11) is 0. The quantitative estimate of drug-likeness (QED) is 0.272. The molecule has 0 spiro atoms. The number of primary amides is 1. The van der Waals surface area contributed by atoms with Crippen LogP contribution in [-0.4, -0.2) is 62.6 Å². The number of aromatic hydroxyl groups is 1. The molecule has 1 aromatic rings. The van der Waals surface area contributed by atoms with Gasteiger partial charge in [0.2, 0.25) is 5.78 Å². The summed E-state index contributed by atoms with van der Waals surface area (Å²) in [5, 5.41) is 50.1. The van der Waals surface area contributed by atoms with Crippen LogP contribution in [0.2, 0.25) is 0 Å². The maximum Gasteiger partial charge on any atom is 0.417 e. The van der Waals surface area contributed by atoms with Gasteiger partial charge < -0.3 is 36.8 Å². The van der Waals surface area contributed by atoms with Crippen LogP contribution in [0.4, 0.5) is 13.2 Å². The second-order valence-electron chi connectivity index (χ2n) is 10.4. The highest BCUT2D eigenvalue weighted by Gasteiger charge is 2.64. The number of nitrogens with two attached hydrogens (primary N) is 1. The number of alkyl halides is 3. The second-order valence-corrected chi connectivity index (χ2v) is 10.4. The molecule has 5 atom stereocenters. The number of hydrogen-bond donors (Lipinski definition) is 7. The van der Waals surface area contributed by atoms with Gasteiger partial charge in [0.25, 0.3) is 5.91 Å². The number of fused-ring (bicyclic) bond motifs is 3. The highest BCUT2D eigenvalue weighted by atomic mass is 19.4. The second kappa shape index (κ2) is 9.07. The van der Waals surface area contributed by atoms with Gasteiger partial charge in [-0.3, -0.25) is 14.4 Å². The number of phenolic OH excluding ortho intramolecular Hbond substituents is 1. The Morgan fingerprint density at radius 1 is 1.26 bits per heavy atom. The maximum atomic E-state index is 14.5. The average molecular weight is 552 g/mol. The average Bonchev–Trinajstić information content (AvgIpc) is 3.37. The Hall–Kier alpha value is -3.42. The number of amides is 1. The lowest BCUT2D eigenvalue weighted by Gasteiger charge is -2.49. The van der Waals surface area contributed by atoms with Crippen molar-refractivity contribution in [1.29, 1.82) is 0 Å². The molecule has 1 unspecified atom stereocenters. The van der Waals surface area contributed by atoms with Crippen molar-refractivity contribution < 1.29 is 48.0 Å². The van der Waals surface area contributed by atoms with E-state index in [1.54, 1.807) is 6.92 Å². The number of aliphatic hydroxyl groups excluding tert-OH is 2. The lowest BCUT2D eigenvalue weighted by atomic mass is 9.57. The van der Waals surface area contributed by atoms with Gasteiger partial charge in [-0.2, -0.15) is 13.2 Å². The van der Waals surface area contributed by atoms with Gasteiger partial charge in [0, 0.05) is 17.5 Å². The minimum absolute atomic E-state index is 0.148. The molecule has 8 N–H and O–H groups in total. The number of nitrogens with one attached hydrogen (secondary N) is 2. The fourth-order valence-corrected chi connectivity index (χ4v) is 6.79. The van der Waals surface area contributed by atoms with E-state index < -0.39 is 105 Å². The van der Waals surface area contributed by atoms with Gasteiger partial charge in [-0.15, -0.1) is 0 Å². The third-order valence-corrected chi connectivity index (χ3v) is 8.38. The minimum Gasteiger partial charge on any atom is -0.508 e. The van der Waals surface area contributed by atoms with Gasteiger partial charge in [-0.25, -0.2) is 0 Å². The van der Waals surface area contributed by atoms with Crippen LogP contribution in [0.3, 0.4) is 0 Å². The zero-order chi connectivity index (χ0) is 28.6. The number of phenols is 1. The van der Waals surface area contributed by atoms with Crippen LogP contribution >= 0.6 is 0 Å². The summed E-state index contributed by atoms with van der Waals surface area (Å²) in [6.45, 7) is 2.26. The van der Waals surface area contributed by atoms with Crippen molar-refractivity contribution in [3.63, 3.8) is 0 Å². The number of carbonyl (C=O) groups is 3. The van der Waals surface area contributed by atoms with Crippen LogP contribution in [0.5, 0.6) is 5.75 Å². The molecular weight excluding hydrogens is 523 g/mol. The highest BCUT2D eigenvalue weighted by molar-refractivity contribution is 6.24. The zero-order valence-corrected chi connectivity index (χ0v) is 20.9. The first-order chi connectivity index (χ1) is 18.2. The first-order valence-corrected chi connectivity index (χ1v) is 12.7.